The standard InChI is InChI=1S/C24H22N2O4/c1-2-29-23(27)13-10-18-8-11-21(12-9-18)26-24(28)20-6-3-7-22(15-20)30-17-19-5-4-14-25-16-19/h3-16H,2,17H2,1H3,(H,26,28). The van der Waals surface area contributed by atoms with E-state index in [4.69, 9.17) is 9.47 Å². The number of carbonyl (C=O) groups is 2. The van der Waals surface area contributed by atoms with E-state index in [0.717, 1.165) is 11.1 Å². The van der Waals surface area contributed by atoms with Crippen molar-refractivity contribution in [1.82, 2.24) is 4.98 Å². The van der Waals surface area contributed by atoms with Gasteiger partial charge < -0.3 is 14.8 Å². The summed E-state index contributed by atoms with van der Waals surface area (Å²) >= 11 is 0. The Kier molecular flexibility index (Phi) is 7.33. The predicted molar refractivity (Wildman–Crippen MR) is 115 cm³/mol. The van der Waals surface area contributed by atoms with Gasteiger partial charge in [0.25, 0.3) is 5.91 Å². The minimum atomic E-state index is -0.388. The number of hydrogen-bond acceptors (Lipinski definition) is 5. The van der Waals surface area contributed by atoms with Gasteiger partial charge in [-0.2, -0.15) is 0 Å². The number of pyridine rings is 1. The lowest BCUT2D eigenvalue weighted by atomic mass is 10.1. The summed E-state index contributed by atoms with van der Waals surface area (Å²) in [5, 5.41) is 2.85. The molecule has 1 N–H and O–H groups in total. The Morgan fingerprint density at radius 3 is 2.63 bits per heavy atom. The zero-order chi connectivity index (χ0) is 21.2. The molecule has 0 aliphatic carbocycles. The molecule has 0 fully saturated rings. The molecule has 30 heavy (non-hydrogen) atoms. The summed E-state index contributed by atoms with van der Waals surface area (Å²) in [7, 11) is 0. The van der Waals surface area contributed by atoms with Crippen molar-refractivity contribution in [1.29, 1.82) is 0 Å². The molecule has 0 radical (unpaired) electrons. The number of esters is 1. The molecule has 0 aliphatic rings. The highest BCUT2D eigenvalue weighted by Gasteiger charge is 2.08. The van der Waals surface area contributed by atoms with E-state index in [0.29, 0.717) is 30.2 Å². The van der Waals surface area contributed by atoms with Gasteiger partial charge in [-0.15, -0.1) is 0 Å². The van der Waals surface area contributed by atoms with Gasteiger partial charge in [-0.1, -0.05) is 24.3 Å². The first-order chi connectivity index (χ1) is 14.6. The molecule has 2 aromatic carbocycles. The topological polar surface area (TPSA) is 77.5 Å². The maximum atomic E-state index is 12.6. The minimum Gasteiger partial charge on any atom is -0.489 e. The minimum absolute atomic E-state index is 0.239. The van der Waals surface area contributed by atoms with Crippen LogP contribution in [0.15, 0.2) is 79.1 Å². The first kappa shape index (κ1) is 20.8. The van der Waals surface area contributed by atoms with Crippen molar-refractivity contribution in [3.8, 4) is 5.75 Å². The first-order valence-corrected chi connectivity index (χ1v) is 9.52. The van der Waals surface area contributed by atoms with Gasteiger partial charge in [-0.3, -0.25) is 9.78 Å². The molecule has 152 valence electrons. The Bertz CT molecular complexity index is 1010. The van der Waals surface area contributed by atoms with Crippen LogP contribution in [-0.4, -0.2) is 23.5 Å². The van der Waals surface area contributed by atoms with E-state index < -0.39 is 0 Å². The molecule has 0 saturated heterocycles. The van der Waals surface area contributed by atoms with E-state index in [9.17, 15) is 9.59 Å². The van der Waals surface area contributed by atoms with Gasteiger partial charge in [0.05, 0.1) is 6.61 Å². The van der Waals surface area contributed by atoms with Crippen molar-refractivity contribution in [2.75, 3.05) is 11.9 Å². The van der Waals surface area contributed by atoms with Crippen LogP contribution in [0.5, 0.6) is 5.75 Å². The number of rotatable bonds is 8. The van der Waals surface area contributed by atoms with Gasteiger partial charge in [0, 0.05) is 35.3 Å². The number of carbonyl (C=O) groups excluding carboxylic acids is 2. The van der Waals surface area contributed by atoms with Crippen LogP contribution >= 0.6 is 0 Å². The SMILES string of the molecule is CCOC(=O)C=Cc1ccc(NC(=O)c2cccc(OCc3cccnc3)c2)cc1. The van der Waals surface area contributed by atoms with Crippen LogP contribution in [0.25, 0.3) is 6.08 Å². The molecule has 0 spiro atoms. The highest BCUT2D eigenvalue weighted by molar-refractivity contribution is 6.04. The fourth-order valence-electron chi connectivity index (χ4n) is 2.61. The Hall–Kier alpha value is -3.93. The second-order valence-electron chi connectivity index (χ2n) is 6.34. The van der Waals surface area contributed by atoms with Gasteiger partial charge in [0.2, 0.25) is 0 Å². The maximum absolute atomic E-state index is 12.6. The molecule has 3 rings (SSSR count). The highest BCUT2D eigenvalue weighted by Crippen LogP contribution is 2.17. The van der Waals surface area contributed by atoms with Crippen molar-refractivity contribution in [3.05, 3.63) is 95.8 Å². The van der Waals surface area contributed by atoms with E-state index in [2.05, 4.69) is 10.3 Å². The van der Waals surface area contributed by atoms with Gasteiger partial charge in [-0.25, -0.2) is 4.79 Å². The van der Waals surface area contributed by atoms with E-state index in [-0.39, 0.29) is 11.9 Å². The number of benzene rings is 2. The summed E-state index contributed by atoms with van der Waals surface area (Å²) in [5.41, 5.74) is 2.91. The number of nitrogens with zero attached hydrogens (tertiary/aromatic N) is 1. The molecular formula is C24H22N2O4. The van der Waals surface area contributed by atoms with Gasteiger partial charge >= 0.3 is 5.97 Å². The molecule has 0 unspecified atom stereocenters. The number of anilines is 1. The van der Waals surface area contributed by atoms with Crippen LogP contribution in [0.4, 0.5) is 5.69 Å². The van der Waals surface area contributed by atoms with Crippen LogP contribution in [-0.2, 0) is 16.1 Å². The third-order valence-corrected chi connectivity index (χ3v) is 4.09. The lowest BCUT2D eigenvalue weighted by Crippen LogP contribution is -2.12. The van der Waals surface area contributed by atoms with Gasteiger partial charge in [0.1, 0.15) is 12.4 Å². The molecule has 1 amide bonds. The number of ether oxygens (including phenoxy) is 2. The Morgan fingerprint density at radius 2 is 1.90 bits per heavy atom. The second-order valence-corrected chi connectivity index (χ2v) is 6.34. The monoisotopic (exact) mass is 402 g/mol. The molecule has 0 bridgehead atoms. The van der Waals surface area contributed by atoms with E-state index in [1.165, 1.54) is 6.08 Å². The van der Waals surface area contributed by atoms with Crippen molar-refractivity contribution >= 4 is 23.6 Å². The highest BCUT2D eigenvalue weighted by atomic mass is 16.5. The molecule has 1 heterocycles. The van der Waals surface area contributed by atoms with E-state index in [1.807, 2.05) is 12.1 Å². The van der Waals surface area contributed by atoms with Crippen LogP contribution < -0.4 is 10.1 Å². The van der Waals surface area contributed by atoms with Crippen molar-refractivity contribution in [2.45, 2.75) is 13.5 Å². The zero-order valence-electron chi connectivity index (χ0n) is 16.6. The number of aromatic nitrogens is 1. The van der Waals surface area contributed by atoms with E-state index in [1.54, 1.807) is 73.9 Å². The Labute approximate surface area is 175 Å². The van der Waals surface area contributed by atoms with Gasteiger partial charge in [0.15, 0.2) is 0 Å². The lowest BCUT2D eigenvalue weighted by Gasteiger charge is -2.09. The number of nitrogens with one attached hydrogen (secondary N) is 1. The normalized spacial score (nSPS) is 10.6. The molecule has 0 saturated carbocycles. The van der Waals surface area contributed by atoms with Crippen molar-refractivity contribution in [3.63, 3.8) is 0 Å². The second kappa shape index (κ2) is 10.6. The van der Waals surface area contributed by atoms with Gasteiger partial charge in [-0.05, 0) is 55.0 Å². The van der Waals surface area contributed by atoms with Crippen LogP contribution in [0.2, 0.25) is 0 Å². The van der Waals surface area contributed by atoms with Crippen LogP contribution in [0.1, 0.15) is 28.4 Å². The maximum Gasteiger partial charge on any atom is 0.330 e. The van der Waals surface area contributed by atoms with Crippen molar-refractivity contribution in [2.24, 2.45) is 0 Å². The molecular weight excluding hydrogens is 380 g/mol. The largest absolute Gasteiger partial charge is 0.489 e. The molecule has 0 aliphatic heterocycles. The summed E-state index contributed by atoms with van der Waals surface area (Å²) in [6, 6.07) is 17.9. The Balaban J connectivity index is 1.58. The molecule has 6 nitrogen and oxygen atoms in total. The summed E-state index contributed by atoms with van der Waals surface area (Å²) in [4.78, 5) is 28.0. The molecule has 1 aromatic heterocycles. The zero-order valence-corrected chi connectivity index (χ0v) is 16.6. The fraction of sp³-hybridized carbons (Fsp3) is 0.125. The number of hydrogen-bond donors (Lipinski definition) is 1. The third-order valence-electron chi connectivity index (χ3n) is 4.09. The Morgan fingerprint density at radius 1 is 1.07 bits per heavy atom. The smallest absolute Gasteiger partial charge is 0.330 e. The van der Waals surface area contributed by atoms with E-state index >= 15 is 0 Å². The third kappa shape index (κ3) is 6.31. The van der Waals surface area contributed by atoms with Crippen LogP contribution in [0, 0.1) is 0 Å². The quantitative estimate of drug-likeness (QED) is 0.444. The summed E-state index contributed by atoms with van der Waals surface area (Å²) < 4.78 is 10.6. The summed E-state index contributed by atoms with van der Waals surface area (Å²) in [5.74, 6) is -0.0249. The average molecular weight is 402 g/mol. The lowest BCUT2D eigenvalue weighted by molar-refractivity contribution is -0.137. The molecule has 0 atom stereocenters. The summed E-state index contributed by atoms with van der Waals surface area (Å²) in [6.45, 7) is 2.47. The molecule has 6 heteroatoms. The summed E-state index contributed by atoms with van der Waals surface area (Å²) in [6.07, 6.45) is 6.47. The first-order valence-electron chi connectivity index (χ1n) is 9.52. The van der Waals surface area contributed by atoms with Crippen molar-refractivity contribution < 1.29 is 19.1 Å². The average Bonchev–Trinajstić information content (AvgIpc) is 2.78. The predicted octanol–water partition coefficient (Wildman–Crippen LogP) is 4.49. The number of amides is 1. The fourth-order valence-corrected chi connectivity index (χ4v) is 2.61. The molecule has 3 aromatic rings. The van der Waals surface area contributed by atoms with Crippen LogP contribution in [0.3, 0.4) is 0 Å².